The topological polar surface area (TPSA) is 102 Å². The lowest BCUT2D eigenvalue weighted by molar-refractivity contribution is -0.144. The molecule has 1 aliphatic heterocycles. The summed E-state index contributed by atoms with van der Waals surface area (Å²) in [5.41, 5.74) is 2.13. The molecule has 2 aromatic carbocycles. The second-order valence-electron chi connectivity index (χ2n) is 8.45. The van der Waals surface area contributed by atoms with E-state index in [2.05, 4.69) is 15.2 Å². The van der Waals surface area contributed by atoms with E-state index in [1.54, 1.807) is 18.3 Å². The van der Waals surface area contributed by atoms with Crippen LogP contribution in [0.15, 0.2) is 63.9 Å². The molecule has 34 heavy (non-hydrogen) atoms. The van der Waals surface area contributed by atoms with Crippen molar-refractivity contribution < 1.29 is 18.7 Å². The molecule has 0 radical (unpaired) electrons. The number of carboxylic acid groups (broad SMARTS) is 1. The number of aromatic nitrogens is 1. The Morgan fingerprint density at radius 3 is 2.71 bits per heavy atom. The van der Waals surface area contributed by atoms with E-state index in [1.165, 1.54) is 18.2 Å². The standard InChI is InChI=1S/C25H25FN4O4/c26-16-5-6-17-19(15-28-20(17)13-16)24(25(32)33)30-11-9-29(10-12-30)8-7-27-21-14-23(31)34-22-4-2-1-3-18(21)22/h1-6,13-15,24,27-28H,7-12H2,(H,32,33)/t24-/m1/s1. The number of para-hydroxylation sites is 1. The highest BCUT2D eigenvalue weighted by atomic mass is 19.1. The highest BCUT2D eigenvalue weighted by molar-refractivity contribution is 5.90. The molecule has 1 aliphatic rings. The smallest absolute Gasteiger partial charge is 0.338 e. The minimum absolute atomic E-state index is 0.362. The lowest BCUT2D eigenvalue weighted by Gasteiger charge is -2.37. The van der Waals surface area contributed by atoms with Crippen molar-refractivity contribution in [2.24, 2.45) is 0 Å². The second-order valence-corrected chi connectivity index (χ2v) is 8.45. The largest absolute Gasteiger partial charge is 0.480 e. The van der Waals surface area contributed by atoms with Crippen molar-refractivity contribution in [3.63, 3.8) is 0 Å². The fraction of sp³-hybridized carbons (Fsp3) is 0.280. The van der Waals surface area contributed by atoms with E-state index in [0.29, 0.717) is 36.3 Å². The van der Waals surface area contributed by atoms with Gasteiger partial charge in [-0.2, -0.15) is 0 Å². The van der Waals surface area contributed by atoms with Gasteiger partial charge in [-0.15, -0.1) is 0 Å². The molecule has 0 aliphatic carbocycles. The number of piperazine rings is 1. The number of aromatic amines is 1. The van der Waals surface area contributed by atoms with E-state index in [9.17, 15) is 19.1 Å². The number of carboxylic acids is 1. The number of rotatable bonds is 7. The van der Waals surface area contributed by atoms with Gasteiger partial charge < -0.3 is 19.8 Å². The van der Waals surface area contributed by atoms with Gasteiger partial charge in [0, 0.05) is 73.4 Å². The van der Waals surface area contributed by atoms with Crippen molar-refractivity contribution in [1.82, 2.24) is 14.8 Å². The summed E-state index contributed by atoms with van der Waals surface area (Å²) in [6.45, 7) is 4.04. The van der Waals surface area contributed by atoms with Gasteiger partial charge in [0.25, 0.3) is 0 Å². The van der Waals surface area contributed by atoms with Crippen LogP contribution in [0, 0.1) is 5.82 Å². The molecule has 5 rings (SSSR count). The van der Waals surface area contributed by atoms with Crippen LogP contribution in [0.4, 0.5) is 10.1 Å². The Balaban J connectivity index is 1.21. The normalized spacial score (nSPS) is 16.1. The van der Waals surface area contributed by atoms with Crippen molar-refractivity contribution in [2.45, 2.75) is 6.04 Å². The summed E-state index contributed by atoms with van der Waals surface area (Å²) in [6, 6.07) is 12.4. The highest BCUT2D eigenvalue weighted by Crippen LogP contribution is 2.30. The zero-order valence-corrected chi connectivity index (χ0v) is 18.5. The van der Waals surface area contributed by atoms with Crippen molar-refractivity contribution in [1.29, 1.82) is 0 Å². The Morgan fingerprint density at radius 2 is 1.91 bits per heavy atom. The average molecular weight is 464 g/mol. The SMILES string of the molecule is O=C(O)[C@@H](c1c[nH]c2cc(F)ccc12)N1CCN(CCNc2cc(=O)oc3ccccc23)CC1. The number of hydrogen-bond donors (Lipinski definition) is 3. The number of anilines is 1. The predicted octanol–water partition coefficient (Wildman–Crippen LogP) is 3.27. The minimum Gasteiger partial charge on any atom is -0.480 e. The molecule has 1 fully saturated rings. The monoisotopic (exact) mass is 464 g/mol. The van der Waals surface area contributed by atoms with Gasteiger partial charge in [-0.1, -0.05) is 12.1 Å². The zero-order chi connectivity index (χ0) is 23.7. The van der Waals surface area contributed by atoms with Gasteiger partial charge >= 0.3 is 11.6 Å². The summed E-state index contributed by atoms with van der Waals surface area (Å²) in [6.07, 6.45) is 1.67. The molecule has 0 unspecified atom stereocenters. The maximum Gasteiger partial charge on any atom is 0.338 e. The molecule has 0 bridgehead atoms. The Kier molecular flexibility index (Phi) is 6.04. The molecule has 176 valence electrons. The van der Waals surface area contributed by atoms with E-state index < -0.39 is 17.6 Å². The molecule has 1 atom stereocenters. The number of carbonyl (C=O) groups is 1. The van der Waals surface area contributed by atoms with Crippen LogP contribution in [0.2, 0.25) is 0 Å². The maximum absolute atomic E-state index is 13.5. The summed E-state index contributed by atoms with van der Waals surface area (Å²) in [5, 5.41) is 14.9. The van der Waals surface area contributed by atoms with Crippen molar-refractivity contribution in [3.8, 4) is 0 Å². The Hall–Kier alpha value is -3.69. The van der Waals surface area contributed by atoms with Gasteiger partial charge in [0.1, 0.15) is 17.4 Å². The third-order valence-corrected chi connectivity index (χ3v) is 6.37. The molecule has 4 aromatic rings. The summed E-state index contributed by atoms with van der Waals surface area (Å²) >= 11 is 0. The number of fused-ring (bicyclic) bond motifs is 2. The lowest BCUT2D eigenvalue weighted by Crippen LogP contribution is -2.50. The first-order chi connectivity index (χ1) is 16.5. The lowest BCUT2D eigenvalue weighted by atomic mass is 10.0. The van der Waals surface area contributed by atoms with Gasteiger partial charge in [-0.3, -0.25) is 14.6 Å². The first-order valence-corrected chi connectivity index (χ1v) is 11.2. The molecule has 0 spiro atoms. The molecule has 2 aromatic heterocycles. The van der Waals surface area contributed by atoms with Gasteiger partial charge in [0.2, 0.25) is 0 Å². The van der Waals surface area contributed by atoms with Crippen LogP contribution in [0.1, 0.15) is 11.6 Å². The van der Waals surface area contributed by atoms with Crippen LogP contribution in [0.5, 0.6) is 0 Å². The van der Waals surface area contributed by atoms with E-state index in [-0.39, 0.29) is 5.82 Å². The average Bonchev–Trinajstić information content (AvgIpc) is 3.22. The molecule has 0 amide bonds. The number of nitrogens with one attached hydrogen (secondary N) is 2. The molecule has 3 heterocycles. The number of hydrogen-bond acceptors (Lipinski definition) is 6. The van der Waals surface area contributed by atoms with Crippen LogP contribution in [-0.4, -0.2) is 65.1 Å². The Bertz CT molecular complexity index is 1390. The number of benzene rings is 2. The van der Waals surface area contributed by atoms with Crippen LogP contribution in [-0.2, 0) is 4.79 Å². The summed E-state index contributed by atoms with van der Waals surface area (Å²) < 4.78 is 18.8. The van der Waals surface area contributed by atoms with Gasteiger partial charge in [-0.25, -0.2) is 9.18 Å². The maximum atomic E-state index is 13.5. The number of aliphatic carboxylic acids is 1. The van der Waals surface area contributed by atoms with Gasteiger partial charge in [0.15, 0.2) is 0 Å². The van der Waals surface area contributed by atoms with Crippen molar-refractivity contribution in [2.75, 3.05) is 44.6 Å². The minimum atomic E-state index is -0.921. The fourth-order valence-electron chi connectivity index (χ4n) is 4.68. The number of halogens is 1. The van der Waals surface area contributed by atoms with Gasteiger partial charge in [0.05, 0.1) is 5.69 Å². The first kappa shape index (κ1) is 22.1. The summed E-state index contributed by atoms with van der Waals surface area (Å²) in [5.74, 6) is -1.28. The third-order valence-electron chi connectivity index (χ3n) is 6.37. The summed E-state index contributed by atoms with van der Waals surface area (Å²) in [4.78, 5) is 31.2. The first-order valence-electron chi connectivity index (χ1n) is 11.2. The predicted molar refractivity (Wildman–Crippen MR) is 128 cm³/mol. The van der Waals surface area contributed by atoms with Crippen molar-refractivity contribution >= 4 is 33.5 Å². The Morgan fingerprint density at radius 1 is 1.12 bits per heavy atom. The molecular weight excluding hydrogens is 439 g/mol. The molecule has 3 N–H and O–H groups in total. The molecule has 8 nitrogen and oxygen atoms in total. The zero-order valence-electron chi connectivity index (χ0n) is 18.5. The molecule has 1 saturated heterocycles. The van der Waals surface area contributed by atoms with Crippen LogP contribution in [0.3, 0.4) is 0 Å². The third kappa shape index (κ3) is 4.40. The molecule has 0 saturated carbocycles. The number of H-pyrrole nitrogens is 1. The molecule has 9 heteroatoms. The Labute approximate surface area is 194 Å². The van der Waals surface area contributed by atoms with E-state index in [4.69, 9.17) is 4.42 Å². The van der Waals surface area contributed by atoms with Gasteiger partial charge in [-0.05, 0) is 30.3 Å². The fourth-order valence-corrected chi connectivity index (χ4v) is 4.68. The highest BCUT2D eigenvalue weighted by Gasteiger charge is 2.32. The quantitative estimate of drug-likeness (QED) is 0.361. The van der Waals surface area contributed by atoms with Crippen LogP contribution in [0.25, 0.3) is 21.9 Å². The van der Waals surface area contributed by atoms with Crippen LogP contribution >= 0.6 is 0 Å². The van der Waals surface area contributed by atoms with E-state index >= 15 is 0 Å². The molecular formula is C25H25FN4O4. The van der Waals surface area contributed by atoms with E-state index in [1.807, 2.05) is 23.1 Å². The van der Waals surface area contributed by atoms with Crippen LogP contribution < -0.4 is 10.9 Å². The van der Waals surface area contributed by atoms with E-state index in [0.717, 1.165) is 36.1 Å². The number of nitrogens with zero attached hydrogens (tertiary/aromatic N) is 2. The summed E-state index contributed by atoms with van der Waals surface area (Å²) in [7, 11) is 0. The second kappa shape index (κ2) is 9.28. The van der Waals surface area contributed by atoms with Crippen molar-refractivity contribution in [3.05, 3.63) is 76.5 Å².